The van der Waals surface area contributed by atoms with E-state index in [2.05, 4.69) is 5.32 Å². The van der Waals surface area contributed by atoms with E-state index in [-0.39, 0.29) is 36.2 Å². The van der Waals surface area contributed by atoms with Gasteiger partial charge in [-0.2, -0.15) is 0 Å². The maximum Gasteiger partial charge on any atom is 0.224 e. The molecule has 3 unspecified atom stereocenters. The summed E-state index contributed by atoms with van der Waals surface area (Å²) >= 11 is 0. The van der Waals surface area contributed by atoms with Crippen LogP contribution in [0.1, 0.15) is 39.5 Å². The summed E-state index contributed by atoms with van der Waals surface area (Å²) in [5, 5.41) is 11.9. The molecule has 3 atom stereocenters. The average Bonchev–Trinajstić information content (AvgIpc) is 2.28. The second kappa shape index (κ2) is 5.99. The van der Waals surface area contributed by atoms with Crippen molar-refractivity contribution in [2.24, 2.45) is 11.8 Å². The van der Waals surface area contributed by atoms with E-state index in [1.54, 1.807) is 0 Å². The third kappa shape index (κ3) is 3.30. The quantitative estimate of drug-likeness (QED) is 0.752. The molecule has 0 spiro atoms. The molecule has 0 aromatic heterocycles. The van der Waals surface area contributed by atoms with Gasteiger partial charge in [-0.3, -0.25) is 9.59 Å². The molecule has 0 radical (unpaired) electrons. The van der Waals surface area contributed by atoms with Crippen LogP contribution in [-0.4, -0.2) is 29.4 Å². The van der Waals surface area contributed by atoms with Crippen LogP contribution in [-0.2, 0) is 9.59 Å². The Labute approximate surface area is 96.4 Å². The van der Waals surface area contributed by atoms with Gasteiger partial charge in [0.05, 0.1) is 12.6 Å². The SMILES string of the molecule is CCC(C)C1CC(=O)CCC(CO)NC1=O. The van der Waals surface area contributed by atoms with E-state index in [0.717, 1.165) is 6.42 Å². The number of hydrogen-bond acceptors (Lipinski definition) is 3. The minimum Gasteiger partial charge on any atom is -0.394 e. The van der Waals surface area contributed by atoms with Gasteiger partial charge in [0, 0.05) is 18.8 Å². The van der Waals surface area contributed by atoms with Crippen molar-refractivity contribution in [3.8, 4) is 0 Å². The average molecular weight is 227 g/mol. The molecule has 1 heterocycles. The minimum atomic E-state index is -0.261. The molecule has 1 rings (SSSR count). The Morgan fingerprint density at radius 2 is 2.19 bits per heavy atom. The molecule has 0 aromatic carbocycles. The number of aliphatic hydroxyl groups is 1. The Morgan fingerprint density at radius 1 is 1.50 bits per heavy atom. The first-order valence-electron chi connectivity index (χ1n) is 6.01. The van der Waals surface area contributed by atoms with Crippen molar-refractivity contribution >= 4 is 11.7 Å². The van der Waals surface area contributed by atoms with Crippen molar-refractivity contribution < 1.29 is 14.7 Å². The van der Waals surface area contributed by atoms with Gasteiger partial charge < -0.3 is 10.4 Å². The number of amides is 1. The van der Waals surface area contributed by atoms with Gasteiger partial charge in [0.15, 0.2) is 0 Å². The van der Waals surface area contributed by atoms with Crippen LogP contribution in [0, 0.1) is 11.8 Å². The molecule has 92 valence electrons. The third-order valence-corrected chi connectivity index (χ3v) is 3.45. The van der Waals surface area contributed by atoms with E-state index in [1.165, 1.54) is 0 Å². The molecule has 1 saturated heterocycles. The highest BCUT2D eigenvalue weighted by molar-refractivity contribution is 5.88. The van der Waals surface area contributed by atoms with Gasteiger partial charge in [0.1, 0.15) is 5.78 Å². The van der Waals surface area contributed by atoms with Crippen LogP contribution in [0.15, 0.2) is 0 Å². The van der Waals surface area contributed by atoms with E-state index < -0.39 is 0 Å². The normalized spacial score (nSPS) is 29.2. The maximum atomic E-state index is 11.9. The molecular formula is C12H21NO3. The third-order valence-electron chi connectivity index (χ3n) is 3.45. The molecule has 1 aliphatic rings. The van der Waals surface area contributed by atoms with E-state index in [4.69, 9.17) is 5.11 Å². The van der Waals surface area contributed by atoms with Crippen LogP contribution in [0.4, 0.5) is 0 Å². The Hall–Kier alpha value is -0.900. The summed E-state index contributed by atoms with van der Waals surface area (Å²) in [6, 6.07) is -0.261. The van der Waals surface area contributed by atoms with Crippen LogP contribution in [0.5, 0.6) is 0 Å². The largest absolute Gasteiger partial charge is 0.394 e. The molecule has 0 bridgehead atoms. The molecule has 4 heteroatoms. The zero-order chi connectivity index (χ0) is 12.1. The van der Waals surface area contributed by atoms with Gasteiger partial charge in [0.25, 0.3) is 0 Å². The van der Waals surface area contributed by atoms with Crippen molar-refractivity contribution in [2.45, 2.75) is 45.6 Å². The summed E-state index contributed by atoms with van der Waals surface area (Å²) in [4.78, 5) is 23.5. The number of Topliss-reactive ketones (excluding diaryl/α,β-unsaturated/α-hetero) is 1. The highest BCUT2D eigenvalue weighted by Crippen LogP contribution is 2.22. The first kappa shape index (κ1) is 13.2. The number of hydrogen-bond donors (Lipinski definition) is 2. The summed E-state index contributed by atoms with van der Waals surface area (Å²) in [7, 11) is 0. The Bertz CT molecular complexity index is 263. The zero-order valence-electron chi connectivity index (χ0n) is 10.0. The number of ketones is 1. The van der Waals surface area contributed by atoms with Crippen molar-refractivity contribution in [2.75, 3.05) is 6.61 Å². The lowest BCUT2D eigenvalue weighted by Gasteiger charge is -2.27. The molecule has 1 fully saturated rings. The molecule has 1 aliphatic heterocycles. The lowest BCUT2D eigenvalue weighted by Crippen LogP contribution is -2.45. The van der Waals surface area contributed by atoms with Gasteiger partial charge in [-0.05, 0) is 12.3 Å². The molecule has 1 amide bonds. The lowest BCUT2D eigenvalue weighted by molar-refractivity contribution is -0.133. The number of carbonyl (C=O) groups excluding carboxylic acids is 2. The number of carbonyl (C=O) groups is 2. The van der Waals surface area contributed by atoms with Crippen molar-refractivity contribution in [3.05, 3.63) is 0 Å². The van der Waals surface area contributed by atoms with Crippen LogP contribution >= 0.6 is 0 Å². The smallest absolute Gasteiger partial charge is 0.224 e. The van der Waals surface area contributed by atoms with Crippen LogP contribution in [0.2, 0.25) is 0 Å². The van der Waals surface area contributed by atoms with Gasteiger partial charge in [-0.1, -0.05) is 20.3 Å². The van der Waals surface area contributed by atoms with Crippen molar-refractivity contribution in [3.63, 3.8) is 0 Å². The van der Waals surface area contributed by atoms with Crippen molar-refractivity contribution in [1.29, 1.82) is 0 Å². The van der Waals surface area contributed by atoms with Gasteiger partial charge in [-0.25, -0.2) is 0 Å². The Morgan fingerprint density at radius 3 is 2.75 bits per heavy atom. The van der Waals surface area contributed by atoms with Gasteiger partial charge >= 0.3 is 0 Å². The van der Waals surface area contributed by atoms with Gasteiger partial charge in [0.2, 0.25) is 5.91 Å². The summed E-state index contributed by atoms with van der Waals surface area (Å²) in [5.74, 6) is 0.0355. The summed E-state index contributed by atoms with van der Waals surface area (Å²) in [5.41, 5.74) is 0. The highest BCUT2D eigenvalue weighted by Gasteiger charge is 2.30. The fourth-order valence-corrected chi connectivity index (χ4v) is 2.04. The molecular weight excluding hydrogens is 206 g/mol. The molecule has 16 heavy (non-hydrogen) atoms. The molecule has 0 aromatic rings. The Kier molecular flexibility index (Phi) is 4.93. The minimum absolute atomic E-state index is 0.0820. The van der Waals surface area contributed by atoms with Crippen LogP contribution in [0.25, 0.3) is 0 Å². The summed E-state index contributed by atoms with van der Waals surface area (Å²) in [6.45, 7) is 3.92. The topological polar surface area (TPSA) is 66.4 Å². The van der Waals surface area contributed by atoms with Crippen LogP contribution in [0.3, 0.4) is 0 Å². The highest BCUT2D eigenvalue weighted by atomic mass is 16.3. The van der Waals surface area contributed by atoms with E-state index in [9.17, 15) is 9.59 Å². The molecule has 2 N–H and O–H groups in total. The molecule has 4 nitrogen and oxygen atoms in total. The summed E-state index contributed by atoms with van der Waals surface area (Å²) < 4.78 is 0. The molecule has 0 saturated carbocycles. The maximum absolute atomic E-state index is 11.9. The summed E-state index contributed by atoms with van der Waals surface area (Å²) in [6.07, 6.45) is 2.24. The van der Waals surface area contributed by atoms with Crippen molar-refractivity contribution in [1.82, 2.24) is 5.32 Å². The fraction of sp³-hybridized carbons (Fsp3) is 0.833. The second-order valence-electron chi connectivity index (χ2n) is 4.66. The van der Waals surface area contributed by atoms with Crippen LogP contribution < -0.4 is 5.32 Å². The van der Waals surface area contributed by atoms with E-state index in [1.807, 2.05) is 13.8 Å². The van der Waals surface area contributed by atoms with E-state index >= 15 is 0 Å². The first-order chi connectivity index (χ1) is 7.58. The molecule has 0 aliphatic carbocycles. The second-order valence-corrected chi connectivity index (χ2v) is 4.66. The predicted molar refractivity (Wildman–Crippen MR) is 60.8 cm³/mol. The standard InChI is InChI=1S/C12H21NO3/c1-3-8(2)11-6-10(15)5-4-9(7-14)13-12(11)16/h8-9,11,14H,3-7H2,1-2H3,(H,13,16). The Balaban J connectivity index is 2.74. The van der Waals surface area contributed by atoms with E-state index in [0.29, 0.717) is 19.3 Å². The predicted octanol–water partition coefficient (Wildman–Crippen LogP) is 0.879. The zero-order valence-corrected chi connectivity index (χ0v) is 10.0. The monoisotopic (exact) mass is 227 g/mol. The first-order valence-corrected chi connectivity index (χ1v) is 6.01. The number of aliphatic hydroxyl groups excluding tert-OH is 1. The van der Waals surface area contributed by atoms with Gasteiger partial charge in [-0.15, -0.1) is 0 Å². The number of nitrogens with one attached hydrogen (secondary N) is 1. The number of rotatable bonds is 3. The lowest BCUT2D eigenvalue weighted by atomic mass is 9.84. The fourth-order valence-electron chi connectivity index (χ4n) is 2.04.